The van der Waals surface area contributed by atoms with Crippen molar-refractivity contribution in [3.05, 3.63) is 12.2 Å². The van der Waals surface area contributed by atoms with Gasteiger partial charge in [0.2, 0.25) is 5.91 Å². The number of carbonyl (C=O) groups is 1. The number of allylic oxidation sites excluding steroid dienone is 1. The molecule has 292 valence electrons. The molecule has 0 fully saturated rings. The molecule has 49 heavy (non-hydrogen) atoms. The van der Waals surface area contributed by atoms with E-state index in [1.165, 1.54) is 205 Å². The highest BCUT2D eigenvalue weighted by Gasteiger charge is 2.17. The third-order valence-electron chi connectivity index (χ3n) is 10.5. The summed E-state index contributed by atoms with van der Waals surface area (Å²) in [5.74, 6) is -0.0714. The van der Waals surface area contributed by atoms with Crippen molar-refractivity contribution >= 4 is 5.91 Å². The fraction of sp³-hybridized carbons (Fsp3) is 0.933. The van der Waals surface area contributed by atoms with Crippen LogP contribution in [-0.2, 0) is 4.79 Å². The number of carbonyl (C=O) groups excluding carboxylic acids is 1. The Morgan fingerprint density at radius 2 is 0.755 bits per heavy atom. The Balaban J connectivity index is 3.23. The lowest BCUT2D eigenvalue weighted by atomic mass is 10.0. The molecule has 2 unspecified atom stereocenters. The van der Waals surface area contributed by atoms with Crippen LogP contribution >= 0.6 is 0 Å². The average molecular weight is 692 g/mol. The summed E-state index contributed by atoms with van der Waals surface area (Å²) in [6, 6.07) is -0.612. The lowest BCUT2D eigenvalue weighted by Gasteiger charge is -2.19. The van der Waals surface area contributed by atoms with Gasteiger partial charge in [-0.1, -0.05) is 244 Å². The highest BCUT2D eigenvalue weighted by atomic mass is 16.3. The SMILES string of the molecule is CCC/C=C/C(O)C(CO)NC(=O)CCCCCCCCCCCCCCCCCCCCCCCCCCCCCCCCCCCC. The Morgan fingerprint density at radius 3 is 1.02 bits per heavy atom. The first-order valence-corrected chi connectivity index (χ1v) is 22.4. The second-order valence-corrected chi connectivity index (χ2v) is 15.5. The predicted molar refractivity (Wildman–Crippen MR) is 216 cm³/mol. The number of hydrogen-bond acceptors (Lipinski definition) is 3. The van der Waals surface area contributed by atoms with Crippen molar-refractivity contribution in [1.82, 2.24) is 5.32 Å². The van der Waals surface area contributed by atoms with Crippen LogP contribution in [0.25, 0.3) is 0 Å². The van der Waals surface area contributed by atoms with Crippen LogP contribution in [0.5, 0.6) is 0 Å². The smallest absolute Gasteiger partial charge is 0.220 e. The Labute approximate surface area is 307 Å². The van der Waals surface area contributed by atoms with Gasteiger partial charge in [-0.3, -0.25) is 4.79 Å². The van der Waals surface area contributed by atoms with Crippen LogP contribution in [0.15, 0.2) is 12.2 Å². The van der Waals surface area contributed by atoms with E-state index in [4.69, 9.17) is 0 Å². The Kier molecular flexibility index (Phi) is 40.8. The standard InChI is InChI=1S/C45H89NO3/c1-3-5-7-8-9-10-11-12-13-14-15-16-17-18-19-20-21-22-23-24-25-26-27-28-29-30-31-32-33-34-35-36-37-39-41-45(49)46-43(42-47)44(48)40-38-6-4-2/h38,40,43-44,47-48H,3-37,39,41-42H2,1-2H3,(H,46,49)/b40-38+. The molecule has 0 aromatic rings. The highest BCUT2D eigenvalue weighted by Crippen LogP contribution is 2.17. The van der Waals surface area contributed by atoms with Gasteiger partial charge in [-0.15, -0.1) is 0 Å². The van der Waals surface area contributed by atoms with Crippen molar-refractivity contribution in [2.45, 2.75) is 264 Å². The minimum absolute atomic E-state index is 0.0714. The van der Waals surface area contributed by atoms with Gasteiger partial charge in [0.05, 0.1) is 18.8 Å². The van der Waals surface area contributed by atoms with E-state index in [1.54, 1.807) is 6.08 Å². The van der Waals surface area contributed by atoms with E-state index in [0.29, 0.717) is 6.42 Å². The van der Waals surface area contributed by atoms with Crippen molar-refractivity contribution < 1.29 is 15.0 Å². The summed E-state index contributed by atoms with van der Waals surface area (Å²) in [5.41, 5.74) is 0. The van der Waals surface area contributed by atoms with E-state index >= 15 is 0 Å². The lowest BCUT2D eigenvalue weighted by molar-refractivity contribution is -0.123. The number of hydrogen-bond donors (Lipinski definition) is 3. The molecule has 0 bridgehead atoms. The first kappa shape index (κ1) is 48.1. The molecule has 0 saturated carbocycles. The zero-order valence-corrected chi connectivity index (χ0v) is 33.5. The van der Waals surface area contributed by atoms with Gasteiger partial charge in [0.15, 0.2) is 0 Å². The predicted octanol–water partition coefficient (Wildman–Crippen LogP) is 13.9. The zero-order chi connectivity index (χ0) is 35.7. The van der Waals surface area contributed by atoms with E-state index in [-0.39, 0.29) is 12.5 Å². The molecular formula is C45H89NO3. The maximum Gasteiger partial charge on any atom is 0.220 e. The molecule has 0 aromatic heterocycles. The molecule has 0 aliphatic carbocycles. The third-order valence-corrected chi connectivity index (χ3v) is 10.5. The maximum absolute atomic E-state index is 12.2. The molecule has 0 heterocycles. The minimum atomic E-state index is -0.830. The van der Waals surface area contributed by atoms with Gasteiger partial charge in [-0.2, -0.15) is 0 Å². The summed E-state index contributed by atoms with van der Waals surface area (Å²) in [6.45, 7) is 4.13. The van der Waals surface area contributed by atoms with Crippen LogP contribution in [0.3, 0.4) is 0 Å². The lowest BCUT2D eigenvalue weighted by Crippen LogP contribution is -2.45. The van der Waals surface area contributed by atoms with Gasteiger partial charge in [0, 0.05) is 6.42 Å². The number of amides is 1. The first-order chi connectivity index (χ1) is 24.2. The summed E-state index contributed by atoms with van der Waals surface area (Å²) in [5, 5.41) is 22.4. The first-order valence-electron chi connectivity index (χ1n) is 22.4. The number of aliphatic hydroxyl groups is 2. The summed E-state index contributed by atoms with van der Waals surface area (Å²) < 4.78 is 0. The highest BCUT2D eigenvalue weighted by molar-refractivity contribution is 5.76. The molecular weight excluding hydrogens is 602 g/mol. The number of nitrogens with one attached hydrogen (secondary N) is 1. The van der Waals surface area contributed by atoms with Crippen LogP contribution < -0.4 is 5.32 Å². The molecule has 0 rings (SSSR count). The van der Waals surface area contributed by atoms with Crippen molar-refractivity contribution in [3.63, 3.8) is 0 Å². The molecule has 0 radical (unpaired) electrons. The molecule has 0 aliphatic rings. The van der Waals surface area contributed by atoms with Crippen molar-refractivity contribution in [1.29, 1.82) is 0 Å². The zero-order valence-electron chi connectivity index (χ0n) is 33.5. The quantitative estimate of drug-likeness (QED) is 0.0441. The third kappa shape index (κ3) is 38.2. The molecule has 0 aromatic carbocycles. The van der Waals surface area contributed by atoms with E-state index in [1.807, 2.05) is 6.08 Å². The Morgan fingerprint density at radius 1 is 0.469 bits per heavy atom. The van der Waals surface area contributed by atoms with E-state index in [9.17, 15) is 15.0 Å². The molecule has 0 saturated heterocycles. The minimum Gasteiger partial charge on any atom is -0.394 e. The van der Waals surface area contributed by atoms with E-state index < -0.39 is 12.1 Å². The van der Waals surface area contributed by atoms with Crippen LogP contribution in [0.1, 0.15) is 251 Å². The van der Waals surface area contributed by atoms with Gasteiger partial charge >= 0.3 is 0 Å². The van der Waals surface area contributed by atoms with Crippen LogP contribution in [0.2, 0.25) is 0 Å². The largest absolute Gasteiger partial charge is 0.394 e. The van der Waals surface area contributed by atoms with Gasteiger partial charge in [0.1, 0.15) is 0 Å². The Bertz CT molecular complexity index is 666. The molecule has 0 aliphatic heterocycles. The summed E-state index contributed by atoms with van der Waals surface area (Å²) in [4.78, 5) is 12.2. The summed E-state index contributed by atoms with van der Waals surface area (Å²) in [7, 11) is 0. The molecule has 4 heteroatoms. The van der Waals surface area contributed by atoms with E-state index in [0.717, 1.165) is 25.7 Å². The van der Waals surface area contributed by atoms with Gasteiger partial charge < -0.3 is 15.5 Å². The number of aliphatic hydroxyl groups excluding tert-OH is 2. The monoisotopic (exact) mass is 692 g/mol. The van der Waals surface area contributed by atoms with Gasteiger partial charge in [-0.25, -0.2) is 0 Å². The van der Waals surface area contributed by atoms with Crippen LogP contribution in [0, 0.1) is 0 Å². The van der Waals surface area contributed by atoms with Crippen LogP contribution in [-0.4, -0.2) is 34.9 Å². The van der Waals surface area contributed by atoms with Crippen LogP contribution in [0.4, 0.5) is 0 Å². The normalized spacial score (nSPS) is 13.0. The molecule has 1 amide bonds. The maximum atomic E-state index is 12.2. The second kappa shape index (κ2) is 41.5. The molecule has 0 spiro atoms. The molecule has 3 N–H and O–H groups in total. The van der Waals surface area contributed by atoms with Crippen molar-refractivity contribution in [2.75, 3.05) is 6.61 Å². The average Bonchev–Trinajstić information content (AvgIpc) is 3.10. The fourth-order valence-corrected chi connectivity index (χ4v) is 7.07. The van der Waals surface area contributed by atoms with Crippen molar-refractivity contribution in [3.8, 4) is 0 Å². The number of rotatable bonds is 41. The fourth-order valence-electron chi connectivity index (χ4n) is 7.07. The van der Waals surface area contributed by atoms with Gasteiger partial charge in [-0.05, 0) is 12.8 Å². The number of unbranched alkanes of at least 4 members (excludes halogenated alkanes) is 34. The summed E-state index contributed by atoms with van der Waals surface area (Å²) in [6.07, 6.45) is 52.8. The van der Waals surface area contributed by atoms with E-state index in [2.05, 4.69) is 19.2 Å². The second-order valence-electron chi connectivity index (χ2n) is 15.5. The summed E-state index contributed by atoms with van der Waals surface area (Å²) >= 11 is 0. The van der Waals surface area contributed by atoms with Gasteiger partial charge in [0.25, 0.3) is 0 Å². The molecule has 4 nitrogen and oxygen atoms in total. The van der Waals surface area contributed by atoms with Crippen molar-refractivity contribution in [2.24, 2.45) is 0 Å². The Hall–Kier alpha value is -0.870. The molecule has 2 atom stereocenters. The topological polar surface area (TPSA) is 69.6 Å².